The molecular formula is C18H30ClN3O3S. The number of nitrogens with one attached hydrogen (secondary N) is 2. The first-order valence-corrected chi connectivity index (χ1v) is 10.4. The van der Waals surface area contributed by atoms with Gasteiger partial charge in [0, 0.05) is 19.0 Å². The molecule has 0 radical (unpaired) electrons. The molecule has 2 rings (SSSR count). The maximum absolute atomic E-state index is 12.5. The minimum Gasteiger partial charge on any atom is -0.349 e. The summed E-state index contributed by atoms with van der Waals surface area (Å²) < 4.78 is 26.4. The van der Waals surface area contributed by atoms with Crippen LogP contribution in [-0.2, 0) is 14.8 Å². The standard InChI is InChI=1S/C18H29N3O3S.ClH/c1-5-21(6-2)25(23,24)17-9-7-15(8-10-17)14(4)20-18(22)13(3)16-11-19-12-16;/h7-10,13-14,16,19H,5-6,11-12H2,1-4H3,(H,20,22);1H. The smallest absolute Gasteiger partial charge is 0.243 e. The van der Waals surface area contributed by atoms with Crippen LogP contribution in [0.3, 0.4) is 0 Å². The van der Waals surface area contributed by atoms with Gasteiger partial charge in [-0.25, -0.2) is 8.42 Å². The molecule has 1 aliphatic heterocycles. The number of halogens is 1. The summed E-state index contributed by atoms with van der Waals surface area (Å²) in [5.74, 6) is 0.415. The lowest BCUT2D eigenvalue weighted by molar-refractivity contribution is -0.127. The monoisotopic (exact) mass is 403 g/mol. The first-order chi connectivity index (χ1) is 11.8. The summed E-state index contributed by atoms with van der Waals surface area (Å²) in [7, 11) is -3.45. The first-order valence-electron chi connectivity index (χ1n) is 8.92. The van der Waals surface area contributed by atoms with Crippen LogP contribution in [0, 0.1) is 11.8 Å². The lowest BCUT2D eigenvalue weighted by atomic mass is 9.88. The summed E-state index contributed by atoms with van der Waals surface area (Å²) in [6.07, 6.45) is 0. The van der Waals surface area contributed by atoms with Gasteiger partial charge in [-0.15, -0.1) is 12.4 Å². The maximum Gasteiger partial charge on any atom is 0.243 e. The number of sulfonamides is 1. The molecule has 1 aromatic rings. The molecule has 2 unspecified atom stereocenters. The van der Waals surface area contributed by atoms with Gasteiger partial charge in [0.2, 0.25) is 15.9 Å². The number of hydrogen-bond donors (Lipinski definition) is 2. The molecule has 8 heteroatoms. The molecule has 2 atom stereocenters. The van der Waals surface area contributed by atoms with E-state index in [1.54, 1.807) is 24.3 Å². The third-order valence-electron chi connectivity index (χ3n) is 5.02. The molecule has 6 nitrogen and oxygen atoms in total. The predicted octanol–water partition coefficient (Wildman–Crippen LogP) is 2.17. The van der Waals surface area contributed by atoms with Crippen molar-refractivity contribution in [3.8, 4) is 0 Å². The van der Waals surface area contributed by atoms with E-state index >= 15 is 0 Å². The molecule has 0 spiro atoms. The Bertz CT molecular complexity index is 686. The molecular weight excluding hydrogens is 374 g/mol. The molecule has 2 N–H and O–H groups in total. The van der Waals surface area contributed by atoms with Crippen molar-refractivity contribution in [1.29, 1.82) is 0 Å². The fourth-order valence-electron chi connectivity index (χ4n) is 2.95. The van der Waals surface area contributed by atoms with Gasteiger partial charge < -0.3 is 10.6 Å². The van der Waals surface area contributed by atoms with Gasteiger partial charge >= 0.3 is 0 Å². The molecule has 0 bridgehead atoms. The quantitative estimate of drug-likeness (QED) is 0.697. The summed E-state index contributed by atoms with van der Waals surface area (Å²) in [5, 5.41) is 6.20. The van der Waals surface area contributed by atoms with Gasteiger partial charge in [-0.3, -0.25) is 4.79 Å². The van der Waals surface area contributed by atoms with Gasteiger partial charge in [0.1, 0.15) is 0 Å². The molecule has 1 aromatic carbocycles. The van der Waals surface area contributed by atoms with Gasteiger partial charge in [0.15, 0.2) is 0 Å². The first kappa shape index (κ1) is 22.9. The third-order valence-corrected chi connectivity index (χ3v) is 7.08. The lowest BCUT2D eigenvalue weighted by Gasteiger charge is -2.32. The van der Waals surface area contributed by atoms with Gasteiger partial charge in [0.25, 0.3) is 0 Å². The summed E-state index contributed by atoms with van der Waals surface area (Å²) in [6.45, 7) is 10.2. The molecule has 0 aromatic heterocycles. The summed E-state index contributed by atoms with van der Waals surface area (Å²) >= 11 is 0. The second kappa shape index (κ2) is 9.69. The highest BCUT2D eigenvalue weighted by molar-refractivity contribution is 7.89. The zero-order valence-corrected chi connectivity index (χ0v) is 17.5. The van der Waals surface area contributed by atoms with Crippen LogP contribution in [0.5, 0.6) is 0 Å². The Morgan fingerprint density at radius 1 is 1.19 bits per heavy atom. The van der Waals surface area contributed by atoms with E-state index < -0.39 is 10.0 Å². The van der Waals surface area contributed by atoms with Crippen molar-refractivity contribution in [2.75, 3.05) is 26.2 Å². The van der Waals surface area contributed by atoms with E-state index in [0.717, 1.165) is 18.7 Å². The third kappa shape index (κ3) is 4.97. The normalized spacial score (nSPS) is 17.1. The van der Waals surface area contributed by atoms with Gasteiger partial charge in [-0.05, 0) is 43.6 Å². The van der Waals surface area contributed by atoms with Crippen LogP contribution in [0.2, 0.25) is 0 Å². The van der Waals surface area contributed by atoms with E-state index in [1.807, 2.05) is 27.7 Å². The number of rotatable bonds is 8. The second-order valence-corrected chi connectivity index (χ2v) is 8.53. The van der Waals surface area contributed by atoms with Crippen molar-refractivity contribution in [2.45, 2.75) is 38.6 Å². The molecule has 1 fully saturated rings. The van der Waals surface area contributed by atoms with Crippen LogP contribution in [-0.4, -0.2) is 44.8 Å². The van der Waals surface area contributed by atoms with Crippen LogP contribution in [0.25, 0.3) is 0 Å². The molecule has 148 valence electrons. The van der Waals surface area contributed by atoms with Crippen molar-refractivity contribution < 1.29 is 13.2 Å². The molecule has 1 amide bonds. The van der Waals surface area contributed by atoms with Gasteiger partial charge in [-0.1, -0.05) is 32.9 Å². The highest BCUT2D eigenvalue weighted by Crippen LogP contribution is 2.21. The number of benzene rings is 1. The van der Waals surface area contributed by atoms with Crippen LogP contribution in [0.15, 0.2) is 29.2 Å². The van der Waals surface area contributed by atoms with Crippen molar-refractivity contribution in [2.24, 2.45) is 11.8 Å². The Kier molecular flexibility index (Phi) is 8.53. The highest BCUT2D eigenvalue weighted by Gasteiger charge is 2.29. The van der Waals surface area contributed by atoms with E-state index in [1.165, 1.54) is 4.31 Å². The van der Waals surface area contributed by atoms with Crippen molar-refractivity contribution >= 4 is 28.3 Å². The zero-order chi connectivity index (χ0) is 18.6. The van der Waals surface area contributed by atoms with Crippen molar-refractivity contribution in [1.82, 2.24) is 14.9 Å². The van der Waals surface area contributed by atoms with Crippen molar-refractivity contribution in [3.05, 3.63) is 29.8 Å². The summed E-state index contributed by atoms with van der Waals surface area (Å²) in [5.41, 5.74) is 0.894. The number of carbonyl (C=O) groups excluding carboxylic acids is 1. The Hall–Kier alpha value is -1.15. The Labute approximate surface area is 163 Å². The molecule has 1 aliphatic rings. The average molecular weight is 404 g/mol. The van der Waals surface area contributed by atoms with Gasteiger partial charge in [-0.2, -0.15) is 4.31 Å². The van der Waals surface area contributed by atoms with E-state index in [-0.39, 0.29) is 35.2 Å². The fraction of sp³-hybridized carbons (Fsp3) is 0.611. The highest BCUT2D eigenvalue weighted by atomic mass is 35.5. The van der Waals surface area contributed by atoms with E-state index in [4.69, 9.17) is 0 Å². The number of hydrogen-bond acceptors (Lipinski definition) is 4. The van der Waals surface area contributed by atoms with Crippen LogP contribution >= 0.6 is 12.4 Å². The zero-order valence-electron chi connectivity index (χ0n) is 15.9. The van der Waals surface area contributed by atoms with Crippen LogP contribution in [0.4, 0.5) is 0 Å². The SMILES string of the molecule is CCN(CC)S(=O)(=O)c1ccc(C(C)NC(=O)C(C)C2CNC2)cc1.Cl. The second-order valence-electron chi connectivity index (χ2n) is 6.60. The number of nitrogens with zero attached hydrogens (tertiary/aromatic N) is 1. The van der Waals surface area contributed by atoms with Crippen LogP contribution < -0.4 is 10.6 Å². The van der Waals surface area contributed by atoms with Gasteiger partial charge in [0.05, 0.1) is 10.9 Å². The molecule has 1 saturated heterocycles. The number of amides is 1. The molecule has 1 heterocycles. The van der Waals surface area contributed by atoms with E-state index in [9.17, 15) is 13.2 Å². The van der Waals surface area contributed by atoms with E-state index in [2.05, 4.69) is 10.6 Å². The molecule has 26 heavy (non-hydrogen) atoms. The topological polar surface area (TPSA) is 78.5 Å². The summed E-state index contributed by atoms with van der Waals surface area (Å²) in [6, 6.07) is 6.62. The summed E-state index contributed by atoms with van der Waals surface area (Å²) in [4.78, 5) is 12.6. The van der Waals surface area contributed by atoms with Crippen LogP contribution in [0.1, 0.15) is 39.3 Å². The predicted molar refractivity (Wildman–Crippen MR) is 106 cm³/mol. The minimum absolute atomic E-state index is 0. The fourth-order valence-corrected chi connectivity index (χ4v) is 4.41. The Balaban J connectivity index is 0.00000338. The molecule has 0 saturated carbocycles. The lowest BCUT2D eigenvalue weighted by Crippen LogP contribution is -2.49. The molecule has 0 aliphatic carbocycles. The Morgan fingerprint density at radius 2 is 1.73 bits per heavy atom. The Morgan fingerprint density at radius 3 is 2.15 bits per heavy atom. The van der Waals surface area contributed by atoms with E-state index in [0.29, 0.717) is 19.0 Å². The largest absolute Gasteiger partial charge is 0.349 e. The maximum atomic E-state index is 12.5. The average Bonchev–Trinajstić information content (AvgIpc) is 2.54. The number of carbonyl (C=O) groups is 1. The van der Waals surface area contributed by atoms with Crippen molar-refractivity contribution in [3.63, 3.8) is 0 Å². The minimum atomic E-state index is -3.45.